The van der Waals surface area contributed by atoms with Gasteiger partial charge in [0.25, 0.3) is 0 Å². The minimum Gasteiger partial charge on any atom is -0.481 e. The number of hydrogen-bond donors (Lipinski definition) is 1. The number of carboxylic acid groups (broad SMARTS) is 1. The molecule has 4 nitrogen and oxygen atoms in total. The van der Waals surface area contributed by atoms with Crippen LogP contribution in [-0.2, 0) is 14.3 Å². The Balaban J connectivity index is 0. The van der Waals surface area contributed by atoms with Crippen molar-refractivity contribution in [2.24, 2.45) is 0 Å². The molecule has 294 valence electrons. The van der Waals surface area contributed by atoms with Crippen molar-refractivity contribution in [3.8, 4) is 0 Å². The van der Waals surface area contributed by atoms with Crippen LogP contribution in [0.25, 0.3) is 0 Å². The van der Waals surface area contributed by atoms with Gasteiger partial charge in [0.05, 0.1) is 7.11 Å². The van der Waals surface area contributed by atoms with Gasteiger partial charge in [0.1, 0.15) is 0 Å². The average molecular weight is 695 g/mol. The van der Waals surface area contributed by atoms with Crippen LogP contribution in [0.15, 0.2) is 0 Å². The fraction of sp³-hybridized carbons (Fsp3) is 0.956. The first-order chi connectivity index (χ1) is 24.1. The topological polar surface area (TPSA) is 63.6 Å². The van der Waals surface area contributed by atoms with E-state index in [-0.39, 0.29) is 5.97 Å². The zero-order valence-corrected chi connectivity index (χ0v) is 34.0. The Morgan fingerprint density at radius 2 is 0.510 bits per heavy atom. The summed E-state index contributed by atoms with van der Waals surface area (Å²) in [5.74, 6) is -0.714. The van der Waals surface area contributed by atoms with E-state index in [4.69, 9.17) is 5.11 Å². The smallest absolute Gasteiger partial charge is 0.305 e. The van der Waals surface area contributed by atoms with E-state index in [1.165, 1.54) is 232 Å². The Labute approximate surface area is 308 Å². The van der Waals surface area contributed by atoms with Crippen molar-refractivity contribution in [2.45, 2.75) is 271 Å². The zero-order chi connectivity index (χ0) is 36.1. The molecule has 0 aliphatic heterocycles. The van der Waals surface area contributed by atoms with E-state index in [9.17, 15) is 9.59 Å². The average Bonchev–Trinajstić information content (AvgIpc) is 3.10. The predicted molar refractivity (Wildman–Crippen MR) is 216 cm³/mol. The number of carboxylic acids is 1. The number of unbranched alkanes of at least 4 members (excludes halogenated alkanes) is 36. The summed E-state index contributed by atoms with van der Waals surface area (Å²) in [6, 6.07) is 0. The molecule has 1 N–H and O–H groups in total. The fourth-order valence-corrected chi connectivity index (χ4v) is 6.80. The highest BCUT2D eigenvalue weighted by molar-refractivity contribution is 5.69. The van der Waals surface area contributed by atoms with E-state index < -0.39 is 5.97 Å². The number of hydrogen-bond acceptors (Lipinski definition) is 3. The molecular formula is C45H90O4. The predicted octanol–water partition coefficient (Wildman–Crippen LogP) is 15.9. The van der Waals surface area contributed by atoms with E-state index in [0.29, 0.717) is 12.8 Å². The summed E-state index contributed by atoms with van der Waals surface area (Å²) in [7, 11) is 1.47. The lowest BCUT2D eigenvalue weighted by Gasteiger charge is -2.04. The lowest BCUT2D eigenvalue weighted by molar-refractivity contribution is -0.141. The molecule has 49 heavy (non-hydrogen) atoms. The van der Waals surface area contributed by atoms with Gasteiger partial charge in [-0.1, -0.05) is 245 Å². The molecule has 0 atom stereocenters. The summed E-state index contributed by atoms with van der Waals surface area (Å²) in [6.07, 6.45) is 52.9. The minimum absolute atomic E-state index is 0.0630. The van der Waals surface area contributed by atoms with Crippen molar-refractivity contribution in [1.82, 2.24) is 0 Å². The SMILES string of the molecule is CCCCCCCCCCCCCCCCCCCCCC(=O)O.CCCCCCCCCCCCCCCCCCCCCC(=O)OC. The lowest BCUT2D eigenvalue weighted by Crippen LogP contribution is -1.99. The van der Waals surface area contributed by atoms with Crippen LogP contribution in [0, 0.1) is 0 Å². The first-order valence-corrected chi connectivity index (χ1v) is 22.4. The van der Waals surface area contributed by atoms with Crippen molar-refractivity contribution in [1.29, 1.82) is 0 Å². The van der Waals surface area contributed by atoms with E-state index in [1.54, 1.807) is 0 Å². The summed E-state index contributed by atoms with van der Waals surface area (Å²) in [5, 5.41) is 8.56. The Bertz CT molecular complexity index is 619. The van der Waals surface area contributed by atoms with Gasteiger partial charge in [-0.2, -0.15) is 0 Å². The number of rotatable bonds is 40. The molecule has 0 aromatic carbocycles. The van der Waals surface area contributed by atoms with Crippen LogP contribution in [0.2, 0.25) is 0 Å². The molecule has 0 radical (unpaired) electrons. The Morgan fingerprint density at radius 3 is 0.694 bits per heavy atom. The summed E-state index contributed by atoms with van der Waals surface area (Å²) < 4.78 is 4.65. The van der Waals surface area contributed by atoms with Gasteiger partial charge in [-0.15, -0.1) is 0 Å². The highest BCUT2D eigenvalue weighted by Crippen LogP contribution is 2.16. The Kier molecular flexibility index (Phi) is 47.9. The number of methoxy groups -OCH3 is 1. The van der Waals surface area contributed by atoms with Crippen LogP contribution in [0.5, 0.6) is 0 Å². The molecule has 0 fully saturated rings. The normalized spacial score (nSPS) is 11.0. The van der Waals surface area contributed by atoms with Gasteiger partial charge >= 0.3 is 11.9 Å². The summed E-state index contributed by atoms with van der Waals surface area (Å²) >= 11 is 0. The van der Waals surface area contributed by atoms with Gasteiger partial charge < -0.3 is 9.84 Å². The second-order valence-corrected chi connectivity index (χ2v) is 15.2. The Morgan fingerprint density at radius 1 is 0.327 bits per heavy atom. The minimum atomic E-state index is -0.651. The maximum Gasteiger partial charge on any atom is 0.305 e. The highest BCUT2D eigenvalue weighted by atomic mass is 16.5. The number of esters is 1. The number of carbonyl (C=O) groups excluding carboxylic acids is 1. The van der Waals surface area contributed by atoms with E-state index in [0.717, 1.165) is 19.3 Å². The largest absolute Gasteiger partial charge is 0.481 e. The van der Waals surface area contributed by atoms with Gasteiger partial charge in [0, 0.05) is 12.8 Å². The maximum atomic E-state index is 11.0. The van der Waals surface area contributed by atoms with Crippen LogP contribution in [0.1, 0.15) is 271 Å². The van der Waals surface area contributed by atoms with Crippen molar-refractivity contribution < 1.29 is 19.4 Å². The quantitative estimate of drug-likeness (QED) is 0.0512. The van der Waals surface area contributed by atoms with Crippen LogP contribution in [-0.4, -0.2) is 24.2 Å². The molecule has 0 amide bonds. The first kappa shape index (κ1) is 50.0. The van der Waals surface area contributed by atoms with E-state index >= 15 is 0 Å². The summed E-state index contributed by atoms with van der Waals surface area (Å²) in [4.78, 5) is 21.4. The number of aliphatic carboxylic acids is 1. The molecule has 0 bridgehead atoms. The van der Waals surface area contributed by atoms with Crippen LogP contribution >= 0.6 is 0 Å². The molecule has 0 rings (SSSR count). The third kappa shape index (κ3) is 51.4. The molecule has 4 heteroatoms. The van der Waals surface area contributed by atoms with Gasteiger partial charge in [0.15, 0.2) is 0 Å². The molecular weight excluding hydrogens is 604 g/mol. The van der Waals surface area contributed by atoms with E-state index in [1.807, 2.05) is 0 Å². The second kappa shape index (κ2) is 46.9. The highest BCUT2D eigenvalue weighted by Gasteiger charge is 2.00. The second-order valence-electron chi connectivity index (χ2n) is 15.2. The van der Waals surface area contributed by atoms with Crippen LogP contribution < -0.4 is 0 Å². The molecule has 0 spiro atoms. The third-order valence-electron chi connectivity index (χ3n) is 10.2. The number of ether oxygens (including phenoxy) is 1. The Hall–Kier alpha value is -1.06. The van der Waals surface area contributed by atoms with Gasteiger partial charge in [-0.25, -0.2) is 0 Å². The van der Waals surface area contributed by atoms with Gasteiger partial charge in [-0.3, -0.25) is 9.59 Å². The zero-order valence-electron chi connectivity index (χ0n) is 34.0. The number of carbonyl (C=O) groups is 2. The molecule has 0 aliphatic rings. The molecule has 0 aliphatic carbocycles. The van der Waals surface area contributed by atoms with Crippen molar-refractivity contribution in [2.75, 3.05) is 7.11 Å². The fourth-order valence-electron chi connectivity index (χ4n) is 6.80. The standard InChI is InChI=1S/C23H46O2.C22H44O2/c1-3-4-5-6-7-8-9-10-11-12-13-14-15-16-17-18-19-20-21-22-23(24)25-2;1-2-3-4-5-6-7-8-9-10-11-12-13-14-15-16-17-18-19-20-21-22(23)24/h3-22H2,1-2H3;2-21H2,1H3,(H,23,24). The molecule has 0 aromatic rings. The van der Waals surface area contributed by atoms with Gasteiger partial charge in [0.2, 0.25) is 0 Å². The van der Waals surface area contributed by atoms with Crippen molar-refractivity contribution in [3.05, 3.63) is 0 Å². The van der Waals surface area contributed by atoms with E-state index in [2.05, 4.69) is 18.6 Å². The molecule has 0 saturated heterocycles. The monoisotopic (exact) mass is 695 g/mol. The van der Waals surface area contributed by atoms with Crippen molar-refractivity contribution in [3.63, 3.8) is 0 Å². The molecule has 0 saturated carbocycles. The third-order valence-corrected chi connectivity index (χ3v) is 10.2. The molecule has 0 unspecified atom stereocenters. The molecule has 0 heterocycles. The van der Waals surface area contributed by atoms with Crippen LogP contribution in [0.4, 0.5) is 0 Å². The van der Waals surface area contributed by atoms with Crippen molar-refractivity contribution >= 4 is 11.9 Å². The summed E-state index contributed by atoms with van der Waals surface area (Å²) in [6.45, 7) is 4.57. The summed E-state index contributed by atoms with van der Waals surface area (Å²) in [5.41, 5.74) is 0. The first-order valence-electron chi connectivity index (χ1n) is 22.4. The molecule has 0 aromatic heterocycles. The van der Waals surface area contributed by atoms with Crippen LogP contribution in [0.3, 0.4) is 0 Å². The van der Waals surface area contributed by atoms with Gasteiger partial charge in [-0.05, 0) is 12.8 Å². The maximum absolute atomic E-state index is 11.0. The lowest BCUT2D eigenvalue weighted by atomic mass is 10.0.